The molecule has 1 aromatic carbocycles. The molecule has 0 radical (unpaired) electrons. The lowest BCUT2D eigenvalue weighted by Gasteiger charge is -2.10. The van der Waals surface area contributed by atoms with E-state index in [4.69, 9.17) is 19.3 Å². The molecule has 9 nitrogen and oxygen atoms in total. The SMILES string of the molecule is COc1cccc(-c2noc(COC(=O)CCc3c(C)[nH]c(=O)c(C#N)c3C)n2)c1. The molecule has 0 fully saturated rings. The second-order valence-corrected chi connectivity index (χ2v) is 6.57. The fourth-order valence-corrected chi connectivity index (χ4v) is 3.05. The molecule has 0 saturated heterocycles. The van der Waals surface area contributed by atoms with Gasteiger partial charge in [0.1, 0.15) is 17.4 Å². The summed E-state index contributed by atoms with van der Waals surface area (Å²) in [7, 11) is 1.57. The van der Waals surface area contributed by atoms with Gasteiger partial charge in [0.15, 0.2) is 6.61 Å². The molecule has 0 aliphatic rings. The van der Waals surface area contributed by atoms with Gasteiger partial charge in [-0.1, -0.05) is 17.3 Å². The standard InChI is InChI=1S/C21H20N4O5/c1-12-16(13(2)23-21(27)17(12)10-22)7-8-19(26)29-11-18-24-20(25-30-18)14-5-4-6-15(9-14)28-3/h4-6,9H,7-8,11H2,1-3H3,(H,23,27). The molecule has 0 aliphatic heterocycles. The maximum absolute atomic E-state index is 12.1. The van der Waals surface area contributed by atoms with E-state index in [0.29, 0.717) is 34.8 Å². The van der Waals surface area contributed by atoms with Gasteiger partial charge in [0, 0.05) is 17.7 Å². The number of ether oxygens (including phenoxy) is 2. The van der Waals surface area contributed by atoms with Crippen LogP contribution in [0.5, 0.6) is 5.75 Å². The molecule has 0 saturated carbocycles. The zero-order chi connectivity index (χ0) is 21.7. The lowest BCUT2D eigenvalue weighted by molar-refractivity contribution is -0.145. The molecular weight excluding hydrogens is 388 g/mol. The topological polar surface area (TPSA) is 131 Å². The first-order chi connectivity index (χ1) is 14.4. The Balaban J connectivity index is 1.59. The van der Waals surface area contributed by atoms with Crippen LogP contribution in [0.2, 0.25) is 0 Å². The minimum absolute atomic E-state index is 0.0555. The first kappa shape index (κ1) is 20.8. The molecule has 30 heavy (non-hydrogen) atoms. The molecule has 9 heteroatoms. The van der Waals surface area contributed by atoms with Gasteiger partial charge in [-0.15, -0.1) is 0 Å². The first-order valence-electron chi connectivity index (χ1n) is 9.18. The molecule has 154 valence electrons. The van der Waals surface area contributed by atoms with Crippen molar-refractivity contribution in [2.75, 3.05) is 7.11 Å². The third kappa shape index (κ3) is 4.55. The predicted octanol–water partition coefficient (Wildman–Crippen LogP) is 2.60. The Kier molecular flexibility index (Phi) is 6.27. The highest BCUT2D eigenvalue weighted by molar-refractivity contribution is 5.70. The summed E-state index contributed by atoms with van der Waals surface area (Å²) >= 11 is 0. The number of esters is 1. The van der Waals surface area contributed by atoms with Crippen molar-refractivity contribution in [1.29, 1.82) is 5.26 Å². The van der Waals surface area contributed by atoms with Crippen molar-refractivity contribution in [3.05, 3.63) is 62.9 Å². The summed E-state index contributed by atoms with van der Waals surface area (Å²) in [5, 5.41) is 13.0. The highest BCUT2D eigenvalue weighted by Crippen LogP contribution is 2.21. The lowest BCUT2D eigenvalue weighted by Crippen LogP contribution is -2.17. The van der Waals surface area contributed by atoms with Gasteiger partial charge in [0.25, 0.3) is 11.4 Å². The highest BCUT2D eigenvalue weighted by Gasteiger charge is 2.15. The van der Waals surface area contributed by atoms with Crippen molar-refractivity contribution >= 4 is 5.97 Å². The summed E-state index contributed by atoms with van der Waals surface area (Å²) in [4.78, 5) is 30.8. The number of H-pyrrole nitrogens is 1. The van der Waals surface area contributed by atoms with Gasteiger partial charge >= 0.3 is 5.97 Å². The minimum atomic E-state index is -0.459. The second kappa shape index (κ2) is 9.05. The van der Waals surface area contributed by atoms with Gasteiger partial charge in [0.05, 0.1) is 7.11 Å². The van der Waals surface area contributed by atoms with E-state index in [1.807, 2.05) is 18.2 Å². The van der Waals surface area contributed by atoms with Crippen LogP contribution < -0.4 is 10.3 Å². The molecule has 0 bridgehead atoms. The normalized spacial score (nSPS) is 10.5. The Morgan fingerprint density at radius 1 is 1.33 bits per heavy atom. The summed E-state index contributed by atoms with van der Waals surface area (Å²) in [6, 6.07) is 9.09. The number of pyridine rings is 1. The third-order valence-corrected chi connectivity index (χ3v) is 4.65. The van der Waals surface area contributed by atoms with E-state index in [1.165, 1.54) is 0 Å². The summed E-state index contributed by atoms with van der Waals surface area (Å²) in [6.07, 6.45) is 0.413. The van der Waals surface area contributed by atoms with E-state index in [1.54, 1.807) is 33.1 Å². The molecule has 0 atom stereocenters. The van der Waals surface area contributed by atoms with E-state index in [0.717, 1.165) is 5.56 Å². The fourth-order valence-electron chi connectivity index (χ4n) is 3.05. The summed E-state index contributed by atoms with van der Waals surface area (Å²) in [6.45, 7) is 3.28. The van der Waals surface area contributed by atoms with Gasteiger partial charge in [-0.05, 0) is 43.5 Å². The Morgan fingerprint density at radius 2 is 2.13 bits per heavy atom. The molecule has 2 aromatic heterocycles. The number of aromatic amines is 1. The summed E-state index contributed by atoms with van der Waals surface area (Å²) in [5.41, 5.74) is 2.30. The number of nitrogens with zero attached hydrogens (tertiary/aromatic N) is 3. The number of carbonyl (C=O) groups is 1. The van der Waals surface area contributed by atoms with Crippen LogP contribution in [0, 0.1) is 25.2 Å². The number of rotatable bonds is 7. The Morgan fingerprint density at radius 3 is 2.87 bits per heavy atom. The lowest BCUT2D eigenvalue weighted by atomic mass is 9.99. The second-order valence-electron chi connectivity index (χ2n) is 6.57. The summed E-state index contributed by atoms with van der Waals surface area (Å²) in [5.74, 6) is 0.741. The van der Waals surface area contributed by atoms with Gasteiger partial charge in [-0.3, -0.25) is 9.59 Å². The van der Waals surface area contributed by atoms with E-state index in [-0.39, 0.29) is 24.5 Å². The number of aryl methyl sites for hydroxylation is 1. The van der Waals surface area contributed by atoms with Crippen molar-refractivity contribution in [3.63, 3.8) is 0 Å². The number of hydrogen-bond donors (Lipinski definition) is 1. The number of methoxy groups -OCH3 is 1. The van der Waals surface area contributed by atoms with Crippen LogP contribution in [0.4, 0.5) is 0 Å². The van der Waals surface area contributed by atoms with Crippen molar-refractivity contribution < 1.29 is 18.8 Å². The monoisotopic (exact) mass is 408 g/mol. The van der Waals surface area contributed by atoms with Crippen LogP contribution in [-0.4, -0.2) is 28.2 Å². The van der Waals surface area contributed by atoms with Gasteiger partial charge in [-0.2, -0.15) is 10.2 Å². The zero-order valence-electron chi connectivity index (χ0n) is 16.8. The zero-order valence-corrected chi connectivity index (χ0v) is 16.8. The van der Waals surface area contributed by atoms with E-state index >= 15 is 0 Å². The quantitative estimate of drug-likeness (QED) is 0.590. The number of aromatic nitrogens is 3. The van der Waals surface area contributed by atoms with Crippen LogP contribution in [0.1, 0.15) is 34.7 Å². The molecule has 0 unspecified atom stereocenters. The number of carbonyl (C=O) groups excluding carboxylic acids is 1. The Bertz CT molecular complexity index is 1170. The Labute approximate surface area is 172 Å². The van der Waals surface area contributed by atoms with E-state index in [9.17, 15) is 9.59 Å². The molecule has 1 N–H and O–H groups in total. The van der Waals surface area contributed by atoms with E-state index in [2.05, 4.69) is 15.1 Å². The molecular formula is C21H20N4O5. The smallest absolute Gasteiger partial charge is 0.306 e. The predicted molar refractivity (Wildman–Crippen MR) is 106 cm³/mol. The van der Waals surface area contributed by atoms with Gasteiger partial charge < -0.3 is 19.0 Å². The minimum Gasteiger partial charge on any atom is -0.497 e. The molecule has 3 aromatic rings. The van der Waals surface area contributed by atoms with Crippen molar-refractivity contribution in [1.82, 2.24) is 15.1 Å². The number of nitriles is 1. The number of hydrogen-bond acceptors (Lipinski definition) is 8. The van der Waals surface area contributed by atoms with Crippen LogP contribution in [0.3, 0.4) is 0 Å². The highest BCUT2D eigenvalue weighted by atomic mass is 16.6. The van der Waals surface area contributed by atoms with Gasteiger partial charge in [-0.25, -0.2) is 0 Å². The van der Waals surface area contributed by atoms with Crippen molar-refractivity contribution in [2.45, 2.75) is 33.3 Å². The third-order valence-electron chi connectivity index (χ3n) is 4.65. The average Bonchev–Trinajstić information content (AvgIpc) is 3.21. The van der Waals surface area contributed by atoms with Crippen molar-refractivity contribution in [2.24, 2.45) is 0 Å². The van der Waals surface area contributed by atoms with Crippen molar-refractivity contribution in [3.8, 4) is 23.2 Å². The molecule has 2 heterocycles. The van der Waals surface area contributed by atoms with Gasteiger partial charge in [0.2, 0.25) is 5.82 Å². The molecule has 3 rings (SSSR count). The van der Waals surface area contributed by atoms with Crippen LogP contribution in [0.15, 0.2) is 33.6 Å². The maximum atomic E-state index is 12.1. The molecule has 0 spiro atoms. The maximum Gasteiger partial charge on any atom is 0.306 e. The molecule has 0 aliphatic carbocycles. The average molecular weight is 408 g/mol. The summed E-state index contributed by atoms with van der Waals surface area (Å²) < 4.78 is 15.5. The van der Waals surface area contributed by atoms with Crippen LogP contribution in [0.25, 0.3) is 11.4 Å². The number of benzene rings is 1. The largest absolute Gasteiger partial charge is 0.497 e. The first-order valence-corrected chi connectivity index (χ1v) is 9.18. The number of nitrogens with one attached hydrogen (secondary N) is 1. The Hall–Kier alpha value is -3.93. The van der Waals surface area contributed by atoms with E-state index < -0.39 is 11.5 Å². The fraction of sp³-hybridized carbons (Fsp3) is 0.286. The molecule has 0 amide bonds. The van der Waals surface area contributed by atoms with Crippen LogP contribution in [-0.2, 0) is 22.6 Å². The van der Waals surface area contributed by atoms with Crippen LogP contribution >= 0.6 is 0 Å².